The Bertz CT molecular complexity index is 2250. The zero-order valence-electron chi connectivity index (χ0n) is 29.8. The molecule has 0 aliphatic carbocycles. The average Bonchev–Trinajstić information content (AvgIpc) is 3.74. The summed E-state index contributed by atoms with van der Waals surface area (Å²) in [5.74, 6) is 1.14. The highest BCUT2D eigenvalue weighted by atomic mass is 35.5. The number of piperidine rings is 2. The van der Waals surface area contributed by atoms with Crippen molar-refractivity contribution in [2.45, 2.75) is 90.3 Å². The highest BCUT2D eigenvalue weighted by molar-refractivity contribution is 7.15. The number of aromatic nitrogens is 3. The van der Waals surface area contributed by atoms with Crippen molar-refractivity contribution in [1.82, 2.24) is 29.7 Å². The summed E-state index contributed by atoms with van der Waals surface area (Å²) in [7, 11) is 0. The molecule has 0 N–H and O–H groups in total. The van der Waals surface area contributed by atoms with Crippen LogP contribution in [0.15, 0.2) is 41.4 Å². The minimum atomic E-state index is -0.540. The minimum absolute atomic E-state index is 0.00357. The minimum Gasteiger partial charge on any atom is -0.487 e. The molecular formula is C39H38ClN7O5S. The van der Waals surface area contributed by atoms with Gasteiger partial charge in [-0.15, -0.1) is 21.5 Å². The predicted octanol–water partition coefficient (Wildman–Crippen LogP) is 5.99. The zero-order chi connectivity index (χ0) is 36.8. The molecule has 4 amide bonds. The first-order valence-corrected chi connectivity index (χ1v) is 19.4. The van der Waals surface area contributed by atoms with E-state index in [1.165, 1.54) is 9.89 Å². The number of aliphatic imine (C=N–C) groups is 1. The number of aryl methyl sites for hydroxylation is 3. The van der Waals surface area contributed by atoms with Crippen molar-refractivity contribution in [1.29, 1.82) is 0 Å². The van der Waals surface area contributed by atoms with E-state index in [1.54, 1.807) is 11.3 Å². The van der Waals surface area contributed by atoms with Crippen molar-refractivity contribution in [2.75, 3.05) is 13.1 Å². The van der Waals surface area contributed by atoms with Crippen LogP contribution in [0, 0.1) is 20.8 Å². The number of thiophene rings is 1. The lowest BCUT2D eigenvalue weighted by molar-refractivity contribution is -0.163. The Morgan fingerprint density at radius 1 is 0.962 bits per heavy atom. The predicted molar refractivity (Wildman–Crippen MR) is 197 cm³/mol. The van der Waals surface area contributed by atoms with E-state index < -0.39 is 11.6 Å². The maximum Gasteiger partial charge on any atom is 0.273 e. The second-order valence-corrected chi connectivity index (χ2v) is 16.3. The van der Waals surface area contributed by atoms with E-state index in [0.29, 0.717) is 48.8 Å². The maximum absolute atomic E-state index is 14.1. The Morgan fingerprint density at radius 2 is 1.70 bits per heavy atom. The topological polar surface area (TPSA) is 130 Å². The van der Waals surface area contributed by atoms with Crippen LogP contribution in [-0.2, 0) is 27.3 Å². The highest BCUT2D eigenvalue weighted by Crippen LogP contribution is 2.44. The van der Waals surface area contributed by atoms with Crippen molar-refractivity contribution < 1.29 is 23.9 Å². The lowest BCUT2D eigenvalue weighted by atomic mass is 9.82. The molecule has 0 unspecified atom stereocenters. The third-order valence-electron chi connectivity index (χ3n) is 11.5. The Morgan fingerprint density at radius 3 is 2.43 bits per heavy atom. The van der Waals surface area contributed by atoms with Crippen molar-refractivity contribution in [3.63, 3.8) is 0 Å². The number of halogens is 1. The second-order valence-electron chi connectivity index (χ2n) is 14.7. The monoisotopic (exact) mass is 751 g/mol. The number of ether oxygens (including phenoxy) is 1. The molecule has 2 aromatic carbocycles. The lowest BCUT2D eigenvalue weighted by Gasteiger charge is -2.44. The molecule has 9 rings (SSSR count). The molecule has 2 fully saturated rings. The van der Waals surface area contributed by atoms with Crippen LogP contribution in [0.5, 0.6) is 5.75 Å². The van der Waals surface area contributed by atoms with Gasteiger partial charge in [0.05, 0.1) is 18.7 Å². The van der Waals surface area contributed by atoms with Gasteiger partial charge in [-0.05, 0) is 81.0 Å². The number of carbonyl (C=O) groups excluding carboxylic acids is 4. The van der Waals surface area contributed by atoms with Gasteiger partial charge in [-0.2, -0.15) is 5.01 Å². The molecule has 14 heteroatoms. The van der Waals surface area contributed by atoms with Crippen molar-refractivity contribution in [3.8, 4) is 10.8 Å². The Balaban J connectivity index is 0.929. The third kappa shape index (κ3) is 5.58. The molecule has 7 heterocycles. The SMILES string of the molecule is Cc1sc2c(c1C)C(c1ccc(Cl)cc1)=N[C@@H](CC(=O)N1CCC3(CCc4cc5c(cc4O3)CN(N3C(=O)CCCC3=O)C5=O)CC1)c1nnc(C)n1-2. The highest BCUT2D eigenvalue weighted by Gasteiger charge is 2.44. The number of rotatable bonds is 4. The van der Waals surface area contributed by atoms with Gasteiger partial charge in [-0.3, -0.25) is 28.7 Å². The second kappa shape index (κ2) is 12.6. The van der Waals surface area contributed by atoms with Crippen LogP contribution in [0.4, 0.5) is 0 Å². The Labute approximate surface area is 315 Å². The molecule has 0 bridgehead atoms. The first kappa shape index (κ1) is 33.9. The lowest BCUT2D eigenvalue weighted by Crippen LogP contribution is -2.52. The first-order valence-electron chi connectivity index (χ1n) is 18.2. The first-order chi connectivity index (χ1) is 25.5. The van der Waals surface area contributed by atoms with Crippen LogP contribution in [0.1, 0.15) is 106 Å². The van der Waals surface area contributed by atoms with Gasteiger partial charge in [-0.25, -0.2) is 5.01 Å². The standard InChI is InChI=1S/C39H38ClN7O5S/c1-21-22(2)53-38-34(21)35(24-7-9-27(40)10-8-24)41-29(36-43-42-23(3)46(36)38)19-33(50)44-15-13-39(14-16-44)12-11-25-17-28-26(18-30(25)52-39)20-45(37(28)51)47-31(48)5-4-6-32(47)49/h7-10,17-18,29H,4-6,11-16,19-20H2,1-3H3/t29-/m0/s1. The smallest absolute Gasteiger partial charge is 0.273 e. The summed E-state index contributed by atoms with van der Waals surface area (Å²) in [5, 5.41) is 13.0. The van der Waals surface area contributed by atoms with Crippen molar-refractivity contribution in [3.05, 3.63) is 91.3 Å². The molecule has 1 atom stereocenters. The van der Waals surface area contributed by atoms with Crippen LogP contribution >= 0.6 is 22.9 Å². The summed E-state index contributed by atoms with van der Waals surface area (Å²) in [6.07, 6.45) is 4.01. The molecule has 53 heavy (non-hydrogen) atoms. The van der Waals surface area contributed by atoms with Crippen LogP contribution in [-0.4, -0.2) is 77.7 Å². The van der Waals surface area contributed by atoms with E-state index in [0.717, 1.165) is 68.0 Å². The number of imide groups is 1. The fourth-order valence-corrected chi connectivity index (χ4v) is 9.76. The number of carbonyl (C=O) groups is 4. The number of hydrogen-bond acceptors (Lipinski definition) is 9. The van der Waals surface area contributed by atoms with Gasteiger partial charge in [0.1, 0.15) is 28.2 Å². The summed E-state index contributed by atoms with van der Waals surface area (Å²) in [6, 6.07) is 10.9. The molecule has 5 aliphatic rings. The zero-order valence-corrected chi connectivity index (χ0v) is 31.4. The molecule has 1 spiro atoms. The largest absolute Gasteiger partial charge is 0.487 e. The van der Waals surface area contributed by atoms with Gasteiger partial charge in [0.15, 0.2) is 5.82 Å². The number of likely N-dealkylation sites (tertiary alicyclic amines) is 1. The molecule has 0 saturated carbocycles. The quantitative estimate of drug-likeness (QED) is 0.235. The summed E-state index contributed by atoms with van der Waals surface area (Å²) in [4.78, 5) is 61.0. The van der Waals surface area contributed by atoms with E-state index in [-0.39, 0.29) is 49.4 Å². The van der Waals surface area contributed by atoms with Crippen molar-refractivity contribution in [2.24, 2.45) is 4.99 Å². The van der Waals surface area contributed by atoms with E-state index in [1.807, 2.05) is 48.2 Å². The van der Waals surface area contributed by atoms with Gasteiger partial charge >= 0.3 is 0 Å². The Kier molecular flexibility index (Phi) is 8.08. The number of amides is 4. The van der Waals surface area contributed by atoms with E-state index in [2.05, 4.69) is 28.6 Å². The fraction of sp³-hybridized carbons (Fsp3) is 0.410. The van der Waals surface area contributed by atoms with Crippen LogP contribution in [0.2, 0.25) is 5.02 Å². The molecule has 12 nitrogen and oxygen atoms in total. The van der Waals surface area contributed by atoms with Crippen LogP contribution in [0.3, 0.4) is 0 Å². The summed E-state index contributed by atoms with van der Waals surface area (Å²) < 4.78 is 8.80. The molecule has 2 aromatic heterocycles. The van der Waals surface area contributed by atoms with Gasteiger partial charge in [0.25, 0.3) is 5.91 Å². The summed E-state index contributed by atoms with van der Waals surface area (Å²) >= 11 is 7.95. The number of fused-ring (bicyclic) bond motifs is 5. The number of nitrogens with zero attached hydrogens (tertiary/aromatic N) is 7. The number of hydrogen-bond donors (Lipinski definition) is 0. The van der Waals surface area contributed by atoms with Gasteiger partial charge in [-0.1, -0.05) is 23.7 Å². The van der Waals surface area contributed by atoms with Crippen molar-refractivity contribution >= 4 is 52.3 Å². The molecule has 4 aromatic rings. The van der Waals surface area contributed by atoms with Gasteiger partial charge < -0.3 is 9.64 Å². The van der Waals surface area contributed by atoms with E-state index in [9.17, 15) is 19.2 Å². The third-order valence-corrected chi connectivity index (χ3v) is 12.9. The van der Waals surface area contributed by atoms with E-state index in [4.69, 9.17) is 21.3 Å². The van der Waals surface area contributed by atoms with Crippen LogP contribution in [0.25, 0.3) is 5.00 Å². The average molecular weight is 752 g/mol. The summed E-state index contributed by atoms with van der Waals surface area (Å²) in [6.45, 7) is 7.39. The number of benzene rings is 2. The van der Waals surface area contributed by atoms with Gasteiger partial charge in [0, 0.05) is 65.4 Å². The van der Waals surface area contributed by atoms with Gasteiger partial charge in [0.2, 0.25) is 17.7 Å². The maximum atomic E-state index is 14.1. The van der Waals surface area contributed by atoms with E-state index >= 15 is 0 Å². The molecule has 0 radical (unpaired) electrons. The normalized spacial score (nSPS) is 20.5. The molecule has 2 saturated heterocycles. The van der Waals surface area contributed by atoms with Crippen LogP contribution < -0.4 is 4.74 Å². The Hall–Kier alpha value is -4.88. The fourth-order valence-electron chi connectivity index (χ4n) is 8.42. The molecule has 272 valence electrons. The summed E-state index contributed by atoms with van der Waals surface area (Å²) in [5.41, 5.74) is 5.69. The number of hydrazine groups is 1. The molecule has 5 aliphatic heterocycles. The molecular weight excluding hydrogens is 714 g/mol.